The molecule has 7 aromatic rings. The number of pyridine rings is 2. The van der Waals surface area contributed by atoms with Crippen LogP contribution in [0.25, 0.3) is 60.6 Å². The highest BCUT2D eigenvalue weighted by Gasteiger charge is 2.22. The lowest BCUT2D eigenvalue weighted by Crippen LogP contribution is -2.13. The van der Waals surface area contributed by atoms with Crippen molar-refractivity contribution in [2.45, 2.75) is 26.2 Å². The van der Waals surface area contributed by atoms with Crippen LogP contribution in [0.5, 0.6) is 0 Å². The van der Waals surface area contributed by atoms with E-state index in [4.69, 9.17) is 9.97 Å². The van der Waals surface area contributed by atoms with Crippen molar-refractivity contribution in [3.05, 3.63) is 103 Å². The largest absolute Gasteiger partial charge is 0.293 e. The third-order valence-electron chi connectivity index (χ3n) is 7.16. The van der Waals surface area contributed by atoms with Crippen molar-refractivity contribution in [3.63, 3.8) is 0 Å². The zero-order valence-corrected chi connectivity index (χ0v) is 20.1. The fourth-order valence-electron chi connectivity index (χ4n) is 5.51. The van der Waals surface area contributed by atoms with E-state index in [1.165, 1.54) is 49.3 Å². The molecular weight excluding hydrogens is 426 g/mol. The lowest BCUT2D eigenvalue weighted by Gasteiger charge is -2.23. The van der Waals surface area contributed by atoms with Gasteiger partial charge in [-0.05, 0) is 34.7 Å². The zero-order chi connectivity index (χ0) is 23.7. The molecule has 0 amide bonds. The molecule has 0 saturated heterocycles. The van der Waals surface area contributed by atoms with Crippen LogP contribution < -0.4 is 0 Å². The number of para-hydroxylation sites is 2. The average molecular weight is 452 g/mol. The molecule has 4 heterocycles. The summed E-state index contributed by atoms with van der Waals surface area (Å²) in [4.78, 5) is 9.91. The summed E-state index contributed by atoms with van der Waals surface area (Å²) in [6.45, 7) is 6.79. The van der Waals surface area contributed by atoms with Crippen molar-refractivity contribution in [1.82, 2.24) is 14.4 Å². The van der Waals surface area contributed by atoms with Gasteiger partial charge >= 0.3 is 0 Å². The van der Waals surface area contributed by atoms with Crippen LogP contribution in [0.15, 0.2) is 97.3 Å². The number of rotatable bonds is 2. The number of aromatic nitrogens is 3. The first-order valence-corrected chi connectivity index (χ1v) is 12.1. The predicted molar refractivity (Wildman–Crippen MR) is 146 cm³/mol. The molecule has 0 spiro atoms. The molecule has 0 bridgehead atoms. The Kier molecular flexibility index (Phi) is 4.11. The Morgan fingerprint density at radius 1 is 0.629 bits per heavy atom. The summed E-state index contributed by atoms with van der Waals surface area (Å²) in [6.07, 6.45) is 4.00. The molecule has 0 aliphatic heterocycles. The normalized spacial score (nSPS) is 12.4. The molecule has 4 aromatic heterocycles. The van der Waals surface area contributed by atoms with Gasteiger partial charge in [0.1, 0.15) is 5.65 Å². The second-order valence-electron chi connectivity index (χ2n) is 10.4. The standard InChI is InChI=1S/C32H25N3/c1-32(2,3)27-17-28(33-19-26(27)20-10-5-4-6-11-20)21-16-25-24-14-9-13-23-22-12-7-8-15-29(22)35(30(23)24)31(25)34-18-21/h4-19H,1-3H3. The highest BCUT2D eigenvalue weighted by molar-refractivity contribution is 6.22. The molecule has 0 atom stereocenters. The van der Waals surface area contributed by atoms with E-state index in [0.717, 1.165) is 16.9 Å². The summed E-state index contributed by atoms with van der Waals surface area (Å²) in [6, 6.07) is 30.2. The summed E-state index contributed by atoms with van der Waals surface area (Å²) < 4.78 is 2.31. The highest BCUT2D eigenvalue weighted by Crippen LogP contribution is 2.40. The van der Waals surface area contributed by atoms with Gasteiger partial charge in [-0.2, -0.15) is 0 Å². The molecule has 3 aromatic carbocycles. The molecule has 0 fully saturated rings. The molecule has 3 nitrogen and oxygen atoms in total. The molecule has 168 valence electrons. The Labute approximate surface area is 204 Å². The minimum Gasteiger partial charge on any atom is -0.293 e. The van der Waals surface area contributed by atoms with Crippen LogP contribution in [-0.2, 0) is 5.41 Å². The highest BCUT2D eigenvalue weighted by atomic mass is 15.0. The van der Waals surface area contributed by atoms with E-state index < -0.39 is 0 Å². The molecule has 0 aliphatic carbocycles. The third-order valence-corrected chi connectivity index (χ3v) is 7.16. The summed E-state index contributed by atoms with van der Waals surface area (Å²) >= 11 is 0. The van der Waals surface area contributed by atoms with Crippen molar-refractivity contribution in [2.75, 3.05) is 0 Å². The van der Waals surface area contributed by atoms with Crippen LogP contribution in [0.4, 0.5) is 0 Å². The minimum absolute atomic E-state index is 0.0180. The lowest BCUT2D eigenvalue weighted by atomic mass is 9.82. The van der Waals surface area contributed by atoms with E-state index in [2.05, 4.69) is 110 Å². The first kappa shape index (κ1) is 20.2. The van der Waals surface area contributed by atoms with Gasteiger partial charge in [0.2, 0.25) is 0 Å². The Morgan fingerprint density at radius 3 is 2.14 bits per heavy atom. The van der Waals surface area contributed by atoms with Gasteiger partial charge in [0.15, 0.2) is 0 Å². The van der Waals surface area contributed by atoms with Crippen LogP contribution >= 0.6 is 0 Å². The maximum absolute atomic E-state index is 4.99. The second kappa shape index (κ2) is 7.13. The fourth-order valence-corrected chi connectivity index (χ4v) is 5.51. The van der Waals surface area contributed by atoms with Gasteiger partial charge in [0.05, 0.1) is 16.7 Å². The Balaban J connectivity index is 1.47. The number of nitrogens with zero attached hydrogens (tertiary/aromatic N) is 3. The number of hydrogen-bond donors (Lipinski definition) is 0. The fraction of sp³-hybridized carbons (Fsp3) is 0.125. The zero-order valence-electron chi connectivity index (χ0n) is 20.1. The van der Waals surface area contributed by atoms with Crippen LogP contribution in [0.1, 0.15) is 26.3 Å². The van der Waals surface area contributed by atoms with Crippen molar-refractivity contribution in [2.24, 2.45) is 0 Å². The first-order valence-electron chi connectivity index (χ1n) is 12.1. The van der Waals surface area contributed by atoms with E-state index in [1.54, 1.807) is 0 Å². The van der Waals surface area contributed by atoms with Crippen molar-refractivity contribution in [1.29, 1.82) is 0 Å². The molecular formula is C32H25N3. The quantitative estimate of drug-likeness (QED) is 0.265. The van der Waals surface area contributed by atoms with Crippen LogP contribution in [0.3, 0.4) is 0 Å². The summed E-state index contributed by atoms with van der Waals surface area (Å²) in [5, 5.41) is 4.95. The monoisotopic (exact) mass is 451 g/mol. The van der Waals surface area contributed by atoms with E-state index in [1.807, 2.05) is 12.4 Å². The third kappa shape index (κ3) is 2.91. The van der Waals surface area contributed by atoms with Crippen LogP contribution in [-0.4, -0.2) is 14.4 Å². The number of benzene rings is 3. The molecule has 35 heavy (non-hydrogen) atoms. The van der Waals surface area contributed by atoms with E-state index in [-0.39, 0.29) is 5.41 Å². The summed E-state index contributed by atoms with van der Waals surface area (Å²) in [5.41, 5.74) is 9.09. The van der Waals surface area contributed by atoms with Crippen molar-refractivity contribution in [3.8, 4) is 22.4 Å². The molecule has 0 unspecified atom stereocenters. The molecule has 3 heteroatoms. The maximum atomic E-state index is 4.99. The molecule has 7 rings (SSSR count). The van der Waals surface area contributed by atoms with E-state index >= 15 is 0 Å². The minimum atomic E-state index is -0.0180. The molecule has 0 saturated carbocycles. The summed E-state index contributed by atoms with van der Waals surface area (Å²) in [5.74, 6) is 0. The van der Waals surface area contributed by atoms with Gasteiger partial charge in [-0.15, -0.1) is 0 Å². The van der Waals surface area contributed by atoms with Gasteiger partial charge in [-0.25, -0.2) is 4.98 Å². The average Bonchev–Trinajstić information content (AvgIpc) is 3.40. The van der Waals surface area contributed by atoms with Gasteiger partial charge < -0.3 is 0 Å². The second-order valence-corrected chi connectivity index (χ2v) is 10.4. The van der Waals surface area contributed by atoms with Crippen molar-refractivity contribution >= 4 is 38.2 Å². The Morgan fingerprint density at radius 2 is 1.34 bits per heavy atom. The SMILES string of the molecule is CC(C)(C)c1cc(-c2cnc3c(c2)c2cccc4c5ccccc5n3c42)ncc1-c1ccccc1. The number of hydrogen-bond acceptors (Lipinski definition) is 2. The molecule has 0 radical (unpaired) electrons. The van der Waals surface area contributed by atoms with Gasteiger partial charge in [0.25, 0.3) is 0 Å². The van der Waals surface area contributed by atoms with Gasteiger partial charge in [0, 0.05) is 45.1 Å². The topological polar surface area (TPSA) is 30.2 Å². The summed E-state index contributed by atoms with van der Waals surface area (Å²) in [7, 11) is 0. The van der Waals surface area contributed by atoms with Crippen LogP contribution in [0, 0.1) is 0 Å². The molecule has 0 N–H and O–H groups in total. The van der Waals surface area contributed by atoms with E-state index in [9.17, 15) is 0 Å². The Hall–Kier alpha value is -4.24. The smallest absolute Gasteiger partial charge is 0.145 e. The Bertz CT molecular complexity index is 1870. The molecule has 0 aliphatic rings. The van der Waals surface area contributed by atoms with Crippen LogP contribution in [0.2, 0.25) is 0 Å². The van der Waals surface area contributed by atoms with Crippen molar-refractivity contribution < 1.29 is 0 Å². The lowest BCUT2D eigenvalue weighted by molar-refractivity contribution is 0.591. The van der Waals surface area contributed by atoms with Gasteiger partial charge in [-0.1, -0.05) is 87.5 Å². The first-order chi connectivity index (χ1) is 17.0. The van der Waals surface area contributed by atoms with E-state index in [0.29, 0.717) is 0 Å². The maximum Gasteiger partial charge on any atom is 0.145 e. The van der Waals surface area contributed by atoms with Gasteiger partial charge in [-0.3, -0.25) is 9.38 Å². The number of fused-ring (bicyclic) bond motifs is 6. The predicted octanol–water partition coefficient (Wildman–Crippen LogP) is 8.26.